The van der Waals surface area contributed by atoms with Gasteiger partial charge in [-0.05, 0) is 66.2 Å². The van der Waals surface area contributed by atoms with Gasteiger partial charge in [0.25, 0.3) is 5.91 Å². The second kappa shape index (κ2) is 8.84. The van der Waals surface area contributed by atoms with E-state index in [1.54, 1.807) is 39.0 Å². The van der Waals surface area contributed by atoms with Gasteiger partial charge in [0.2, 0.25) is 6.10 Å². The molecule has 1 N–H and O–H groups in total. The number of carbonyl (C=O) groups is 3. The van der Waals surface area contributed by atoms with Gasteiger partial charge in [0.1, 0.15) is 11.6 Å². The molecule has 2 amide bonds. The first-order valence-corrected chi connectivity index (χ1v) is 10.4. The van der Waals surface area contributed by atoms with E-state index in [0.29, 0.717) is 11.4 Å². The molecular weight excluding hydrogens is 408 g/mol. The van der Waals surface area contributed by atoms with Crippen LogP contribution in [0.25, 0.3) is 0 Å². The molecule has 2 rings (SSSR count). The van der Waals surface area contributed by atoms with Gasteiger partial charge in [-0.15, -0.1) is 0 Å². The Morgan fingerprint density at radius 1 is 1.17 bits per heavy atom. The number of ether oxygens (including phenoxy) is 2. The lowest BCUT2D eigenvalue weighted by atomic mass is 10.1. The Bertz CT molecular complexity index is 812. The second-order valence-electron chi connectivity index (χ2n) is 9.43. The summed E-state index contributed by atoms with van der Waals surface area (Å²) < 4.78 is 11.1. The molecule has 3 atom stereocenters. The van der Waals surface area contributed by atoms with E-state index in [1.165, 1.54) is 11.0 Å². The van der Waals surface area contributed by atoms with E-state index in [9.17, 15) is 14.4 Å². The summed E-state index contributed by atoms with van der Waals surface area (Å²) in [5.41, 5.74) is -0.984. The van der Waals surface area contributed by atoms with Crippen molar-refractivity contribution in [3.63, 3.8) is 0 Å². The fourth-order valence-electron chi connectivity index (χ4n) is 3.18. The molecule has 7 nitrogen and oxygen atoms in total. The van der Waals surface area contributed by atoms with E-state index in [2.05, 4.69) is 5.32 Å². The highest BCUT2D eigenvalue weighted by Gasteiger charge is 2.59. The first kappa shape index (κ1) is 24.0. The molecule has 0 unspecified atom stereocenters. The number of rotatable bonds is 5. The number of amides is 2. The van der Waals surface area contributed by atoms with Crippen LogP contribution < -0.4 is 5.32 Å². The average molecular weight is 439 g/mol. The molecule has 30 heavy (non-hydrogen) atoms. The molecule has 0 aliphatic carbocycles. The van der Waals surface area contributed by atoms with Gasteiger partial charge in [-0.2, -0.15) is 0 Å². The van der Waals surface area contributed by atoms with Crippen LogP contribution in [0.15, 0.2) is 24.3 Å². The third-order valence-electron chi connectivity index (χ3n) is 4.37. The van der Waals surface area contributed by atoms with Crippen LogP contribution in [0, 0.1) is 0 Å². The lowest BCUT2D eigenvalue weighted by molar-refractivity contribution is -0.131. The zero-order chi connectivity index (χ0) is 22.9. The average Bonchev–Trinajstić information content (AvgIpc) is 3.30. The molecule has 1 fully saturated rings. The van der Waals surface area contributed by atoms with Crippen molar-refractivity contribution in [2.24, 2.45) is 0 Å². The first-order chi connectivity index (χ1) is 13.7. The maximum atomic E-state index is 13.0. The third kappa shape index (κ3) is 6.36. The third-order valence-corrected chi connectivity index (χ3v) is 4.60. The Hall–Kier alpha value is -2.28. The maximum Gasteiger partial charge on any atom is 0.411 e. The van der Waals surface area contributed by atoms with Crippen molar-refractivity contribution in [1.29, 1.82) is 0 Å². The zero-order valence-corrected chi connectivity index (χ0v) is 19.4. The summed E-state index contributed by atoms with van der Waals surface area (Å²) in [6.07, 6.45) is -1.11. The summed E-state index contributed by atoms with van der Waals surface area (Å²) in [5.74, 6) is -1.15. The normalized spacial score (nSPS) is 19.7. The Kier molecular flexibility index (Phi) is 7.07. The van der Waals surface area contributed by atoms with Crippen LogP contribution in [0.5, 0.6) is 0 Å². The Balaban J connectivity index is 2.28. The van der Waals surface area contributed by atoms with Crippen molar-refractivity contribution < 1.29 is 23.9 Å². The fourth-order valence-corrected chi connectivity index (χ4v) is 3.37. The first-order valence-electron chi connectivity index (χ1n) is 10.0. The van der Waals surface area contributed by atoms with Gasteiger partial charge < -0.3 is 14.8 Å². The molecule has 1 heterocycles. The molecule has 0 bridgehead atoms. The van der Waals surface area contributed by atoms with E-state index in [-0.39, 0.29) is 11.6 Å². The summed E-state index contributed by atoms with van der Waals surface area (Å²) >= 11 is 5.97. The van der Waals surface area contributed by atoms with Gasteiger partial charge in [0, 0.05) is 10.6 Å². The van der Waals surface area contributed by atoms with Crippen LogP contribution in [0.2, 0.25) is 5.02 Å². The minimum atomic E-state index is -1.17. The van der Waals surface area contributed by atoms with Crippen molar-refractivity contribution in [2.75, 3.05) is 0 Å². The number of esters is 1. The highest BCUT2D eigenvalue weighted by atomic mass is 35.5. The lowest BCUT2D eigenvalue weighted by Crippen LogP contribution is -2.50. The standard InChI is InChI=1S/C22H31ClN2O5/c1-8-15-16(25(15)20(28)30-22(5,6)7)17(18(26)24-21(2,3)4)29-19(27)13-10-9-11-14(23)12-13/h9-12,15-17H,8H2,1-7H3,(H,24,26)/t15-,16+,17+,25?/m1/s1. The highest BCUT2D eigenvalue weighted by molar-refractivity contribution is 6.30. The second-order valence-corrected chi connectivity index (χ2v) is 9.87. The van der Waals surface area contributed by atoms with E-state index in [0.717, 1.165) is 0 Å². The smallest absolute Gasteiger partial charge is 0.411 e. The van der Waals surface area contributed by atoms with Gasteiger partial charge in [0.15, 0.2) is 0 Å². The van der Waals surface area contributed by atoms with Gasteiger partial charge in [-0.25, -0.2) is 9.59 Å². The minimum Gasteiger partial charge on any atom is -0.446 e. The highest BCUT2D eigenvalue weighted by Crippen LogP contribution is 2.37. The van der Waals surface area contributed by atoms with Gasteiger partial charge in [0.05, 0.1) is 11.6 Å². The van der Waals surface area contributed by atoms with Crippen LogP contribution in [0.1, 0.15) is 65.2 Å². The van der Waals surface area contributed by atoms with Gasteiger partial charge in [-0.3, -0.25) is 9.69 Å². The van der Waals surface area contributed by atoms with E-state index in [4.69, 9.17) is 21.1 Å². The van der Waals surface area contributed by atoms with E-state index >= 15 is 0 Å². The summed E-state index contributed by atoms with van der Waals surface area (Å²) in [6, 6.07) is 5.43. The van der Waals surface area contributed by atoms with Crippen molar-refractivity contribution in [2.45, 2.75) is 84.2 Å². The molecule has 166 valence electrons. The molecule has 1 aromatic rings. The summed E-state index contributed by atoms with van der Waals surface area (Å²) in [5, 5.41) is 3.22. The van der Waals surface area contributed by atoms with Crippen LogP contribution in [0.4, 0.5) is 4.79 Å². The largest absolute Gasteiger partial charge is 0.446 e. The van der Waals surface area contributed by atoms with Crippen molar-refractivity contribution >= 4 is 29.6 Å². The predicted octanol–water partition coefficient (Wildman–Crippen LogP) is 4.18. The number of hydrogen-bond acceptors (Lipinski definition) is 5. The molecule has 0 saturated carbocycles. The number of halogens is 1. The Morgan fingerprint density at radius 3 is 2.30 bits per heavy atom. The molecule has 1 aliphatic heterocycles. The van der Waals surface area contributed by atoms with Crippen LogP contribution in [0.3, 0.4) is 0 Å². The number of hydrogen-bond donors (Lipinski definition) is 1. The summed E-state index contributed by atoms with van der Waals surface area (Å²) in [4.78, 5) is 39.8. The summed E-state index contributed by atoms with van der Waals surface area (Å²) in [7, 11) is 0. The molecule has 1 aliphatic rings. The van der Waals surface area contributed by atoms with Crippen LogP contribution in [-0.4, -0.2) is 52.2 Å². The van der Waals surface area contributed by atoms with Crippen molar-refractivity contribution in [3.05, 3.63) is 34.9 Å². The quantitative estimate of drug-likeness (QED) is 0.550. The minimum absolute atomic E-state index is 0.230. The molecule has 0 spiro atoms. The van der Waals surface area contributed by atoms with Crippen molar-refractivity contribution in [3.8, 4) is 0 Å². The van der Waals surface area contributed by atoms with Gasteiger partial charge in [-0.1, -0.05) is 24.6 Å². The molecule has 1 aromatic carbocycles. The summed E-state index contributed by atoms with van der Waals surface area (Å²) in [6.45, 7) is 12.7. The van der Waals surface area contributed by atoms with Crippen LogP contribution >= 0.6 is 11.6 Å². The Morgan fingerprint density at radius 2 is 1.80 bits per heavy atom. The zero-order valence-electron chi connectivity index (χ0n) is 18.6. The molecule has 0 radical (unpaired) electrons. The number of carbonyl (C=O) groups excluding carboxylic acids is 3. The lowest BCUT2D eigenvalue weighted by Gasteiger charge is -2.25. The number of benzene rings is 1. The SMILES string of the molecule is CC[C@@H]1[C@@H]([C@H](OC(=O)c2cccc(Cl)c2)C(=O)NC(C)(C)C)N1C(=O)OC(C)(C)C. The van der Waals surface area contributed by atoms with E-state index in [1.807, 2.05) is 27.7 Å². The monoisotopic (exact) mass is 438 g/mol. The van der Waals surface area contributed by atoms with Crippen LogP contribution in [-0.2, 0) is 14.3 Å². The van der Waals surface area contributed by atoms with Gasteiger partial charge >= 0.3 is 12.1 Å². The maximum absolute atomic E-state index is 13.0. The Labute approximate surface area is 183 Å². The topological polar surface area (TPSA) is 84.7 Å². The fraction of sp³-hybridized carbons (Fsp3) is 0.591. The number of nitrogens with zero attached hydrogens (tertiary/aromatic N) is 1. The molecule has 8 heteroatoms. The predicted molar refractivity (Wildman–Crippen MR) is 114 cm³/mol. The van der Waals surface area contributed by atoms with Crippen molar-refractivity contribution in [1.82, 2.24) is 10.2 Å². The number of nitrogens with one attached hydrogen (secondary N) is 1. The van der Waals surface area contributed by atoms with E-state index < -0.39 is 41.3 Å². The molecule has 0 aromatic heterocycles. The molecular formula is C22H31ClN2O5. The molecule has 1 saturated heterocycles.